The first kappa shape index (κ1) is 24.4. The van der Waals surface area contributed by atoms with Gasteiger partial charge in [0.15, 0.2) is 0 Å². The molecule has 0 aliphatic heterocycles. The first-order valence-corrected chi connectivity index (χ1v) is 14.4. The number of hydrogen-bond donors (Lipinski definition) is 0. The maximum absolute atomic E-state index is 3.77. The fourth-order valence-electron chi connectivity index (χ4n) is 5.08. The molecule has 0 amide bonds. The molecule has 6 rings (SSSR count). The number of fused-ring (bicyclic) bond motifs is 1. The predicted octanol–water partition coefficient (Wildman–Crippen LogP) is 11.8. The van der Waals surface area contributed by atoms with Gasteiger partial charge in [-0.3, -0.25) is 0 Å². The number of rotatable bonds is 4. The zero-order valence-electron chi connectivity index (χ0n) is 19.8. The van der Waals surface area contributed by atoms with E-state index in [0.29, 0.717) is 0 Å². The van der Waals surface area contributed by atoms with Crippen LogP contribution in [0.15, 0.2) is 141 Å². The first-order chi connectivity index (χ1) is 18.1. The van der Waals surface area contributed by atoms with Crippen LogP contribution in [0.1, 0.15) is 0 Å². The second-order valence-corrected chi connectivity index (χ2v) is 11.7. The maximum Gasteiger partial charge on any atom is 0.0181 e. The van der Waals surface area contributed by atoms with Crippen molar-refractivity contribution in [3.63, 3.8) is 0 Å². The van der Waals surface area contributed by atoms with Crippen LogP contribution in [0, 0.1) is 0 Å². The highest BCUT2D eigenvalue weighted by Gasteiger charge is 2.24. The minimum Gasteiger partial charge on any atom is -0.0622 e. The SMILES string of the molecule is Brc1ccc(-c2c(-c3ccc(Br)cc3)c(-c3ccccc3)c3cc(Br)ccc3c2-c2ccccc2)cc1. The third kappa shape index (κ3) is 4.72. The van der Waals surface area contributed by atoms with Gasteiger partial charge in [0.2, 0.25) is 0 Å². The third-order valence-electron chi connectivity index (χ3n) is 6.66. The maximum atomic E-state index is 3.77. The summed E-state index contributed by atoms with van der Waals surface area (Å²) in [6, 6.07) is 45.5. The summed E-state index contributed by atoms with van der Waals surface area (Å²) in [5, 5.41) is 2.45. The Balaban J connectivity index is 1.90. The summed E-state index contributed by atoms with van der Waals surface area (Å²) in [7, 11) is 0. The summed E-state index contributed by atoms with van der Waals surface area (Å²) < 4.78 is 3.19. The summed E-state index contributed by atoms with van der Waals surface area (Å²) in [6.07, 6.45) is 0. The van der Waals surface area contributed by atoms with Gasteiger partial charge in [-0.1, -0.05) is 139 Å². The Morgan fingerprint density at radius 1 is 0.297 bits per heavy atom. The average molecular weight is 669 g/mol. The van der Waals surface area contributed by atoms with Gasteiger partial charge in [0.25, 0.3) is 0 Å². The molecule has 0 unspecified atom stereocenters. The largest absolute Gasteiger partial charge is 0.0622 e. The van der Waals surface area contributed by atoms with Crippen molar-refractivity contribution in [2.75, 3.05) is 0 Å². The van der Waals surface area contributed by atoms with Gasteiger partial charge in [-0.15, -0.1) is 0 Å². The van der Waals surface area contributed by atoms with Crippen molar-refractivity contribution in [1.82, 2.24) is 0 Å². The molecule has 37 heavy (non-hydrogen) atoms. The second kappa shape index (κ2) is 10.4. The molecule has 0 spiro atoms. The molecule has 0 aliphatic rings. The van der Waals surface area contributed by atoms with Crippen LogP contribution in [0.2, 0.25) is 0 Å². The van der Waals surface area contributed by atoms with Gasteiger partial charge in [-0.05, 0) is 91.7 Å². The van der Waals surface area contributed by atoms with Crippen LogP contribution < -0.4 is 0 Å². The van der Waals surface area contributed by atoms with E-state index in [2.05, 4.69) is 175 Å². The molecule has 178 valence electrons. The van der Waals surface area contributed by atoms with Gasteiger partial charge in [-0.2, -0.15) is 0 Å². The van der Waals surface area contributed by atoms with E-state index in [1.54, 1.807) is 0 Å². The molecule has 6 aromatic carbocycles. The first-order valence-electron chi connectivity index (χ1n) is 12.0. The standard InChI is InChI=1S/C34H21Br3/c35-26-15-11-24(12-16-26)33-31(22-7-3-1-4-8-22)29-20-19-28(37)21-30(29)32(23-9-5-2-6-10-23)34(33)25-13-17-27(36)18-14-25/h1-21H. The molecule has 0 saturated carbocycles. The zero-order chi connectivity index (χ0) is 25.4. The van der Waals surface area contributed by atoms with E-state index in [1.807, 2.05) is 0 Å². The molecule has 0 N–H and O–H groups in total. The average Bonchev–Trinajstić information content (AvgIpc) is 2.94. The summed E-state index contributed by atoms with van der Waals surface area (Å²) in [4.78, 5) is 0. The van der Waals surface area contributed by atoms with E-state index >= 15 is 0 Å². The van der Waals surface area contributed by atoms with Crippen LogP contribution in [-0.2, 0) is 0 Å². The normalized spacial score (nSPS) is 11.1. The van der Waals surface area contributed by atoms with Crippen LogP contribution >= 0.6 is 47.8 Å². The Kier molecular flexibility index (Phi) is 6.86. The third-order valence-corrected chi connectivity index (χ3v) is 8.21. The van der Waals surface area contributed by atoms with E-state index in [1.165, 1.54) is 55.3 Å². The molecule has 0 atom stereocenters. The molecular weight excluding hydrogens is 648 g/mol. The highest BCUT2D eigenvalue weighted by Crippen LogP contribution is 2.51. The van der Waals surface area contributed by atoms with Crippen molar-refractivity contribution < 1.29 is 0 Å². The fraction of sp³-hybridized carbons (Fsp3) is 0. The number of hydrogen-bond acceptors (Lipinski definition) is 0. The van der Waals surface area contributed by atoms with Gasteiger partial charge in [0, 0.05) is 13.4 Å². The monoisotopic (exact) mass is 666 g/mol. The van der Waals surface area contributed by atoms with Gasteiger partial charge in [0.05, 0.1) is 0 Å². The van der Waals surface area contributed by atoms with Crippen LogP contribution in [0.25, 0.3) is 55.3 Å². The number of benzene rings is 6. The minimum absolute atomic E-state index is 1.06. The van der Waals surface area contributed by atoms with E-state index in [0.717, 1.165) is 13.4 Å². The molecule has 0 aliphatic carbocycles. The Bertz CT molecular complexity index is 1700. The smallest absolute Gasteiger partial charge is 0.0181 e. The molecule has 0 nitrogen and oxygen atoms in total. The van der Waals surface area contributed by atoms with Crippen molar-refractivity contribution >= 4 is 58.6 Å². The molecule has 3 heteroatoms. The molecule has 0 fully saturated rings. The Labute approximate surface area is 242 Å². The molecular formula is C34H21Br3. The van der Waals surface area contributed by atoms with Crippen LogP contribution in [0.4, 0.5) is 0 Å². The van der Waals surface area contributed by atoms with Crippen LogP contribution in [0.5, 0.6) is 0 Å². The van der Waals surface area contributed by atoms with Crippen molar-refractivity contribution in [3.8, 4) is 44.5 Å². The lowest BCUT2D eigenvalue weighted by molar-refractivity contribution is 1.55. The fourth-order valence-corrected chi connectivity index (χ4v) is 5.97. The highest BCUT2D eigenvalue weighted by molar-refractivity contribution is 9.11. The quantitative estimate of drug-likeness (QED) is 0.175. The zero-order valence-corrected chi connectivity index (χ0v) is 24.5. The summed E-state index contributed by atoms with van der Waals surface area (Å²) >= 11 is 11.1. The van der Waals surface area contributed by atoms with E-state index < -0.39 is 0 Å². The minimum atomic E-state index is 1.06. The molecule has 6 aromatic rings. The van der Waals surface area contributed by atoms with E-state index in [9.17, 15) is 0 Å². The second-order valence-electron chi connectivity index (χ2n) is 8.94. The van der Waals surface area contributed by atoms with Crippen LogP contribution in [0.3, 0.4) is 0 Å². The molecule has 0 heterocycles. The van der Waals surface area contributed by atoms with Gasteiger partial charge in [0.1, 0.15) is 0 Å². The summed E-state index contributed by atoms with van der Waals surface area (Å²) in [6.45, 7) is 0. The Hall–Kier alpha value is -2.98. The van der Waals surface area contributed by atoms with E-state index in [4.69, 9.17) is 0 Å². The molecule has 0 bridgehead atoms. The summed E-state index contributed by atoms with van der Waals surface area (Å²) in [5.74, 6) is 0. The number of halogens is 3. The molecule has 0 radical (unpaired) electrons. The Morgan fingerprint density at radius 2 is 0.676 bits per heavy atom. The predicted molar refractivity (Wildman–Crippen MR) is 169 cm³/mol. The topological polar surface area (TPSA) is 0 Å². The van der Waals surface area contributed by atoms with Crippen LogP contribution in [-0.4, -0.2) is 0 Å². The molecule has 0 saturated heterocycles. The van der Waals surface area contributed by atoms with Crippen molar-refractivity contribution in [3.05, 3.63) is 141 Å². The lowest BCUT2D eigenvalue weighted by atomic mass is 9.79. The van der Waals surface area contributed by atoms with Gasteiger partial charge < -0.3 is 0 Å². The molecule has 0 aromatic heterocycles. The van der Waals surface area contributed by atoms with E-state index in [-0.39, 0.29) is 0 Å². The van der Waals surface area contributed by atoms with Gasteiger partial charge in [-0.25, -0.2) is 0 Å². The summed E-state index contributed by atoms with van der Waals surface area (Å²) in [5.41, 5.74) is 9.69. The van der Waals surface area contributed by atoms with Gasteiger partial charge >= 0.3 is 0 Å². The highest BCUT2D eigenvalue weighted by atomic mass is 79.9. The van der Waals surface area contributed by atoms with Crippen molar-refractivity contribution in [1.29, 1.82) is 0 Å². The van der Waals surface area contributed by atoms with Crippen molar-refractivity contribution in [2.45, 2.75) is 0 Å². The van der Waals surface area contributed by atoms with Crippen molar-refractivity contribution in [2.24, 2.45) is 0 Å². The lowest BCUT2D eigenvalue weighted by Crippen LogP contribution is -1.97. The lowest BCUT2D eigenvalue weighted by Gasteiger charge is -2.24. The Morgan fingerprint density at radius 3 is 1.14 bits per heavy atom.